The SMILES string of the molecule is O=C(c1ccc(Cl)s1)N1CCN(C(=O)c2c[nH]c3ccccc23)CC1. The zero-order chi connectivity index (χ0) is 17.4. The van der Waals surface area contributed by atoms with Crippen LogP contribution in [0.4, 0.5) is 0 Å². The van der Waals surface area contributed by atoms with E-state index in [4.69, 9.17) is 11.6 Å². The molecule has 2 aromatic heterocycles. The molecular weight excluding hydrogens is 358 g/mol. The van der Waals surface area contributed by atoms with Gasteiger partial charge in [-0.2, -0.15) is 0 Å². The maximum absolute atomic E-state index is 12.8. The molecule has 128 valence electrons. The molecule has 1 aromatic carbocycles. The number of rotatable bonds is 2. The summed E-state index contributed by atoms with van der Waals surface area (Å²) in [5, 5.41) is 0.930. The predicted octanol–water partition coefficient (Wildman–Crippen LogP) is 3.48. The number of hydrogen-bond donors (Lipinski definition) is 1. The molecule has 3 heterocycles. The predicted molar refractivity (Wildman–Crippen MR) is 99.4 cm³/mol. The number of benzene rings is 1. The number of aromatic nitrogens is 1. The van der Waals surface area contributed by atoms with E-state index in [2.05, 4.69) is 4.98 Å². The molecule has 1 aliphatic heterocycles. The summed E-state index contributed by atoms with van der Waals surface area (Å²) in [6, 6.07) is 11.2. The lowest BCUT2D eigenvalue weighted by molar-refractivity contribution is 0.0539. The number of aromatic amines is 1. The van der Waals surface area contributed by atoms with E-state index < -0.39 is 0 Å². The van der Waals surface area contributed by atoms with E-state index in [-0.39, 0.29) is 11.8 Å². The number of amides is 2. The number of fused-ring (bicyclic) bond motifs is 1. The van der Waals surface area contributed by atoms with Crippen molar-refractivity contribution in [3.05, 3.63) is 57.4 Å². The van der Waals surface area contributed by atoms with E-state index in [0.29, 0.717) is 41.0 Å². The molecule has 3 aromatic rings. The monoisotopic (exact) mass is 373 g/mol. The van der Waals surface area contributed by atoms with Gasteiger partial charge in [0.2, 0.25) is 0 Å². The number of halogens is 1. The lowest BCUT2D eigenvalue weighted by Gasteiger charge is -2.34. The summed E-state index contributed by atoms with van der Waals surface area (Å²) in [6.45, 7) is 2.12. The van der Waals surface area contributed by atoms with Crippen LogP contribution >= 0.6 is 22.9 Å². The molecule has 0 spiro atoms. The third-order valence-electron chi connectivity index (χ3n) is 4.46. The van der Waals surface area contributed by atoms with Gasteiger partial charge in [-0.25, -0.2) is 0 Å². The van der Waals surface area contributed by atoms with Crippen molar-refractivity contribution in [2.75, 3.05) is 26.2 Å². The largest absolute Gasteiger partial charge is 0.360 e. The summed E-state index contributed by atoms with van der Waals surface area (Å²) in [7, 11) is 0. The van der Waals surface area contributed by atoms with Gasteiger partial charge in [-0.05, 0) is 18.2 Å². The van der Waals surface area contributed by atoms with E-state index >= 15 is 0 Å². The molecule has 1 aliphatic rings. The van der Waals surface area contributed by atoms with Gasteiger partial charge in [0, 0.05) is 43.3 Å². The van der Waals surface area contributed by atoms with Crippen molar-refractivity contribution in [1.29, 1.82) is 0 Å². The second-order valence-electron chi connectivity index (χ2n) is 5.94. The van der Waals surface area contributed by atoms with Crippen LogP contribution in [0.5, 0.6) is 0 Å². The molecule has 4 rings (SSSR count). The third-order valence-corrected chi connectivity index (χ3v) is 5.68. The number of piperazine rings is 1. The van der Waals surface area contributed by atoms with Gasteiger partial charge in [0.1, 0.15) is 0 Å². The smallest absolute Gasteiger partial charge is 0.264 e. The fraction of sp³-hybridized carbons (Fsp3) is 0.222. The number of nitrogens with one attached hydrogen (secondary N) is 1. The van der Waals surface area contributed by atoms with Gasteiger partial charge >= 0.3 is 0 Å². The van der Waals surface area contributed by atoms with E-state index in [1.807, 2.05) is 24.3 Å². The van der Waals surface area contributed by atoms with E-state index in [1.165, 1.54) is 11.3 Å². The second kappa shape index (κ2) is 6.54. The van der Waals surface area contributed by atoms with Crippen LogP contribution < -0.4 is 0 Å². The van der Waals surface area contributed by atoms with E-state index in [9.17, 15) is 9.59 Å². The normalized spacial score (nSPS) is 14.9. The van der Waals surface area contributed by atoms with Gasteiger partial charge in [-0.3, -0.25) is 9.59 Å². The molecule has 0 radical (unpaired) electrons. The Morgan fingerprint density at radius 3 is 2.32 bits per heavy atom. The van der Waals surface area contributed by atoms with Crippen LogP contribution in [0.2, 0.25) is 4.34 Å². The minimum absolute atomic E-state index is 0.00344. The Labute approximate surface area is 153 Å². The molecule has 1 fully saturated rings. The van der Waals surface area contributed by atoms with Crippen LogP contribution in [0.25, 0.3) is 10.9 Å². The van der Waals surface area contributed by atoms with Crippen molar-refractivity contribution in [3.63, 3.8) is 0 Å². The second-order valence-corrected chi connectivity index (χ2v) is 7.65. The van der Waals surface area contributed by atoms with Gasteiger partial charge in [0.05, 0.1) is 14.8 Å². The van der Waals surface area contributed by atoms with Gasteiger partial charge in [0.25, 0.3) is 11.8 Å². The van der Waals surface area contributed by atoms with Gasteiger partial charge < -0.3 is 14.8 Å². The zero-order valence-electron chi connectivity index (χ0n) is 13.4. The first-order valence-electron chi connectivity index (χ1n) is 8.03. The molecule has 0 atom stereocenters. The molecule has 0 unspecified atom stereocenters. The van der Waals surface area contributed by atoms with Gasteiger partial charge in [-0.15, -0.1) is 11.3 Å². The Bertz CT molecular complexity index is 941. The van der Waals surface area contributed by atoms with Gasteiger partial charge in [-0.1, -0.05) is 29.8 Å². The highest BCUT2D eigenvalue weighted by Gasteiger charge is 2.27. The number of H-pyrrole nitrogens is 1. The Morgan fingerprint density at radius 2 is 1.64 bits per heavy atom. The zero-order valence-corrected chi connectivity index (χ0v) is 14.9. The van der Waals surface area contributed by atoms with E-state index in [0.717, 1.165) is 10.9 Å². The first-order valence-corrected chi connectivity index (χ1v) is 9.23. The van der Waals surface area contributed by atoms with Crippen molar-refractivity contribution < 1.29 is 9.59 Å². The van der Waals surface area contributed by atoms with Crippen molar-refractivity contribution in [2.24, 2.45) is 0 Å². The standard InChI is InChI=1S/C18H16ClN3O2S/c19-16-6-5-15(25-16)18(24)22-9-7-21(8-10-22)17(23)13-11-20-14-4-2-1-3-12(13)14/h1-6,11,20H,7-10H2. The molecule has 25 heavy (non-hydrogen) atoms. The number of carbonyl (C=O) groups is 2. The van der Waals surface area contributed by atoms with Crippen molar-refractivity contribution in [3.8, 4) is 0 Å². The first-order chi connectivity index (χ1) is 12.1. The van der Waals surface area contributed by atoms with Crippen molar-refractivity contribution >= 4 is 45.7 Å². The van der Waals surface area contributed by atoms with Gasteiger partial charge in [0.15, 0.2) is 0 Å². The number of carbonyl (C=O) groups excluding carboxylic acids is 2. The fourth-order valence-electron chi connectivity index (χ4n) is 3.12. The highest BCUT2D eigenvalue weighted by Crippen LogP contribution is 2.24. The lowest BCUT2D eigenvalue weighted by atomic mass is 10.1. The number of para-hydroxylation sites is 1. The number of thiophene rings is 1. The average Bonchev–Trinajstić information content (AvgIpc) is 3.27. The molecule has 0 bridgehead atoms. The Balaban J connectivity index is 1.45. The number of nitrogens with zero attached hydrogens (tertiary/aromatic N) is 2. The molecule has 1 N–H and O–H groups in total. The Kier molecular flexibility index (Phi) is 4.23. The first kappa shape index (κ1) is 16.2. The van der Waals surface area contributed by atoms with E-state index in [1.54, 1.807) is 28.1 Å². The summed E-state index contributed by atoms with van der Waals surface area (Å²) in [5.74, 6) is -0.0141. The van der Waals surface area contributed by atoms with Crippen LogP contribution in [0.3, 0.4) is 0 Å². The third kappa shape index (κ3) is 3.03. The van der Waals surface area contributed by atoms with Crippen LogP contribution in [-0.4, -0.2) is 52.8 Å². The topological polar surface area (TPSA) is 56.4 Å². The molecule has 2 amide bonds. The minimum Gasteiger partial charge on any atom is -0.360 e. The summed E-state index contributed by atoms with van der Waals surface area (Å²) < 4.78 is 0.608. The molecular formula is C18H16ClN3O2S. The fourth-order valence-corrected chi connectivity index (χ4v) is 4.13. The maximum Gasteiger partial charge on any atom is 0.264 e. The van der Waals surface area contributed by atoms with Crippen LogP contribution in [-0.2, 0) is 0 Å². The lowest BCUT2D eigenvalue weighted by Crippen LogP contribution is -2.50. The molecule has 1 saturated heterocycles. The van der Waals surface area contributed by atoms with Crippen molar-refractivity contribution in [1.82, 2.24) is 14.8 Å². The maximum atomic E-state index is 12.8. The summed E-state index contributed by atoms with van der Waals surface area (Å²) >= 11 is 7.19. The molecule has 5 nitrogen and oxygen atoms in total. The van der Waals surface area contributed by atoms with Crippen LogP contribution in [0.15, 0.2) is 42.6 Å². The highest BCUT2D eigenvalue weighted by molar-refractivity contribution is 7.17. The van der Waals surface area contributed by atoms with Crippen LogP contribution in [0.1, 0.15) is 20.0 Å². The van der Waals surface area contributed by atoms with Crippen LogP contribution in [0, 0.1) is 0 Å². The molecule has 7 heteroatoms. The number of hydrogen-bond acceptors (Lipinski definition) is 3. The Hall–Kier alpha value is -2.31. The quantitative estimate of drug-likeness (QED) is 0.747. The molecule has 0 aliphatic carbocycles. The minimum atomic E-state index is -0.0175. The van der Waals surface area contributed by atoms with Crippen molar-refractivity contribution in [2.45, 2.75) is 0 Å². The Morgan fingerprint density at radius 1 is 0.960 bits per heavy atom. The average molecular weight is 374 g/mol. The summed E-state index contributed by atoms with van der Waals surface area (Å²) in [5.41, 5.74) is 1.63. The summed E-state index contributed by atoms with van der Waals surface area (Å²) in [4.78, 5) is 32.6. The summed E-state index contributed by atoms with van der Waals surface area (Å²) in [6.07, 6.45) is 1.76. The molecule has 0 saturated carbocycles. The highest BCUT2D eigenvalue weighted by atomic mass is 35.5.